The molecule has 0 spiro atoms. The molecule has 150 valence electrons. The van der Waals surface area contributed by atoms with Crippen LogP contribution in [-0.2, 0) is 13.1 Å². The molecule has 0 aliphatic rings. The smallest absolute Gasteiger partial charge is 0.287 e. The van der Waals surface area contributed by atoms with Crippen molar-refractivity contribution in [2.24, 2.45) is 0 Å². The van der Waals surface area contributed by atoms with E-state index in [1.165, 1.54) is 4.68 Å². The van der Waals surface area contributed by atoms with Gasteiger partial charge in [0.1, 0.15) is 5.02 Å². The monoisotopic (exact) mass is 427 g/mol. The van der Waals surface area contributed by atoms with E-state index >= 15 is 0 Å². The van der Waals surface area contributed by atoms with Crippen LogP contribution in [0, 0.1) is 0 Å². The van der Waals surface area contributed by atoms with Crippen LogP contribution in [0.5, 0.6) is 0 Å². The van der Waals surface area contributed by atoms with Gasteiger partial charge >= 0.3 is 0 Å². The Labute approximate surface area is 181 Å². The number of halogens is 2. The average molecular weight is 428 g/mol. The fourth-order valence-corrected chi connectivity index (χ4v) is 3.38. The van der Waals surface area contributed by atoms with Crippen LogP contribution in [0.15, 0.2) is 77.7 Å². The van der Waals surface area contributed by atoms with E-state index in [-0.39, 0.29) is 10.6 Å². The summed E-state index contributed by atoms with van der Waals surface area (Å²) < 4.78 is 1.37. The largest absolute Gasteiger partial charge is 0.364 e. The Balaban J connectivity index is 1.80. The van der Waals surface area contributed by atoms with Crippen LogP contribution in [0.3, 0.4) is 0 Å². The van der Waals surface area contributed by atoms with Crippen LogP contribution >= 0.6 is 23.2 Å². The second kappa shape index (κ2) is 10.8. The summed E-state index contributed by atoms with van der Waals surface area (Å²) in [6.07, 6.45) is 6.30. The highest BCUT2D eigenvalue weighted by Gasteiger charge is 2.15. The maximum Gasteiger partial charge on any atom is 0.287 e. The summed E-state index contributed by atoms with van der Waals surface area (Å²) in [6, 6.07) is 20.0. The van der Waals surface area contributed by atoms with Crippen molar-refractivity contribution in [2.45, 2.75) is 19.5 Å². The van der Waals surface area contributed by atoms with Gasteiger partial charge in [-0.25, -0.2) is 4.68 Å². The molecule has 0 radical (unpaired) electrons. The molecule has 0 bridgehead atoms. The number of aromatic nitrogens is 2. The second-order valence-corrected chi connectivity index (χ2v) is 7.35. The van der Waals surface area contributed by atoms with Gasteiger partial charge < -0.3 is 4.90 Å². The average Bonchev–Trinajstić information content (AvgIpc) is 2.76. The second-order valence-electron chi connectivity index (χ2n) is 6.59. The zero-order chi connectivity index (χ0) is 20.5. The van der Waals surface area contributed by atoms with Crippen LogP contribution in [-0.4, -0.2) is 22.2 Å². The van der Waals surface area contributed by atoms with Crippen LogP contribution in [0.25, 0.3) is 6.08 Å². The Morgan fingerprint density at radius 1 is 1.03 bits per heavy atom. The van der Waals surface area contributed by atoms with Gasteiger partial charge in [-0.15, -0.1) is 11.6 Å². The normalized spacial score (nSPS) is 11.1. The lowest BCUT2D eigenvalue weighted by molar-refractivity contribution is 0.647. The van der Waals surface area contributed by atoms with Crippen molar-refractivity contribution in [1.82, 2.24) is 9.78 Å². The number of nitrogens with zero attached hydrogens (tertiary/aromatic N) is 3. The first-order valence-corrected chi connectivity index (χ1v) is 10.4. The van der Waals surface area contributed by atoms with E-state index in [0.717, 1.165) is 17.5 Å². The van der Waals surface area contributed by atoms with Crippen molar-refractivity contribution < 1.29 is 0 Å². The minimum atomic E-state index is -0.300. The van der Waals surface area contributed by atoms with Crippen molar-refractivity contribution in [3.05, 3.63) is 99.4 Å². The number of hydrogen-bond acceptors (Lipinski definition) is 3. The molecule has 0 saturated heterocycles. The molecule has 4 nitrogen and oxygen atoms in total. The molecule has 0 unspecified atom stereocenters. The third kappa shape index (κ3) is 5.96. The molecular formula is C23H23Cl2N3O. The highest BCUT2D eigenvalue weighted by molar-refractivity contribution is 6.33. The van der Waals surface area contributed by atoms with Crippen LogP contribution in [0.4, 0.5) is 5.69 Å². The molecule has 3 rings (SSSR count). The molecule has 0 atom stereocenters. The van der Waals surface area contributed by atoms with Crippen molar-refractivity contribution in [2.75, 3.05) is 17.3 Å². The van der Waals surface area contributed by atoms with E-state index in [0.29, 0.717) is 31.2 Å². The number of anilines is 1. The van der Waals surface area contributed by atoms with E-state index in [1.54, 1.807) is 6.20 Å². The Morgan fingerprint density at radius 2 is 1.72 bits per heavy atom. The lowest BCUT2D eigenvalue weighted by Gasteiger charge is -2.25. The van der Waals surface area contributed by atoms with Gasteiger partial charge in [-0.1, -0.05) is 84.4 Å². The fourth-order valence-electron chi connectivity index (χ4n) is 3.00. The molecule has 6 heteroatoms. The minimum Gasteiger partial charge on any atom is -0.364 e. The predicted molar refractivity (Wildman–Crippen MR) is 122 cm³/mol. The fraction of sp³-hybridized carbons (Fsp3) is 0.217. The van der Waals surface area contributed by atoms with Gasteiger partial charge in [-0.2, -0.15) is 5.10 Å². The molecule has 3 aromatic rings. The highest BCUT2D eigenvalue weighted by atomic mass is 35.5. The maximum atomic E-state index is 12.7. The van der Waals surface area contributed by atoms with Gasteiger partial charge in [0.25, 0.3) is 5.56 Å². The van der Waals surface area contributed by atoms with Crippen molar-refractivity contribution in [3.8, 4) is 0 Å². The number of rotatable bonds is 9. The summed E-state index contributed by atoms with van der Waals surface area (Å²) in [7, 11) is 0. The summed E-state index contributed by atoms with van der Waals surface area (Å²) in [5.74, 6) is 0.539. The third-order valence-electron chi connectivity index (χ3n) is 4.47. The number of hydrogen-bond donors (Lipinski definition) is 0. The Kier molecular flexibility index (Phi) is 7.91. The summed E-state index contributed by atoms with van der Waals surface area (Å²) in [4.78, 5) is 14.8. The molecule has 0 amide bonds. The first kappa shape index (κ1) is 21.2. The molecule has 1 aromatic heterocycles. The Morgan fingerprint density at radius 3 is 2.41 bits per heavy atom. The lowest BCUT2D eigenvalue weighted by atomic mass is 10.2. The van der Waals surface area contributed by atoms with E-state index in [2.05, 4.69) is 10.00 Å². The number of alkyl halides is 1. The molecule has 0 fully saturated rings. The SMILES string of the molecule is O=c1c(Cl)c(N(CCCCl)Cc2ccccc2)cnn1CC=Cc1ccccc1. The van der Waals surface area contributed by atoms with Gasteiger partial charge in [-0.05, 0) is 17.5 Å². The van der Waals surface area contributed by atoms with E-state index in [1.807, 2.05) is 72.8 Å². The minimum absolute atomic E-state index is 0.179. The first-order valence-electron chi connectivity index (χ1n) is 9.51. The van der Waals surface area contributed by atoms with Crippen LogP contribution < -0.4 is 10.5 Å². The lowest BCUT2D eigenvalue weighted by Crippen LogP contribution is -2.30. The molecule has 2 aromatic carbocycles. The van der Waals surface area contributed by atoms with Crippen molar-refractivity contribution in [1.29, 1.82) is 0 Å². The zero-order valence-corrected chi connectivity index (χ0v) is 17.6. The third-order valence-corrected chi connectivity index (χ3v) is 5.10. The zero-order valence-electron chi connectivity index (χ0n) is 16.0. The quantitative estimate of drug-likeness (QED) is 0.437. The summed E-state index contributed by atoms with van der Waals surface area (Å²) in [5, 5.41) is 4.51. The van der Waals surface area contributed by atoms with Gasteiger partial charge in [0.15, 0.2) is 0 Å². The molecule has 29 heavy (non-hydrogen) atoms. The van der Waals surface area contributed by atoms with Gasteiger partial charge in [0, 0.05) is 19.0 Å². The van der Waals surface area contributed by atoms with Crippen LogP contribution in [0.1, 0.15) is 17.5 Å². The topological polar surface area (TPSA) is 38.1 Å². The predicted octanol–water partition coefficient (Wildman–Crippen LogP) is 5.25. The van der Waals surface area contributed by atoms with E-state index < -0.39 is 0 Å². The maximum absolute atomic E-state index is 12.7. The molecular weight excluding hydrogens is 405 g/mol. The summed E-state index contributed by atoms with van der Waals surface area (Å²) >= 11 is 12.4. The van der Waals surface area contributed by atoms with Crippen molar-refractivity contribution in [3.63, 3.8) is 0 Å². The molecule has 0 saturated carbocycles. The van der Waals surface area contributed by atoms with Gasteiger partial charge in [0.05, 0.1) is 18.4 Å². The van der Waals surface area contributed by atoms with Gasteiger partial charge in [0.2, 0.25) is 0 Å². The Hall–Kier alpha value is -2.56. The van der Waals surface area contributed by atoms with Crippen molar-refractivity contribution >= 4 is 35.0 Å². The molecule has 0 aliphatic carbocycles. The Bertz CT molecular complexity index is 988. The van der Waals surface area contributed by atoms with Gasteiger partial charge in [-0.3, -0.25) is 4.79 Å². The summed E-state index contributed by atoms with van der Waals surface area (Å²) in [5.41, 5.74) is 2.53. The number of allylic oxidation sites excluding steroid dienone is 1. The number of benzene rings is 2. The molecule has 1 heterocycles. The van der Waals surface area contributed by atoms with E-state index in [9.17, 15) is 4.79 Å². The first-order chi connectivity index (χ1) is 14.2. The molecule has 0 N–H and O–H groups in total. The molecule has 0 aliphatic heterocycles. The summed E-state index contributed by atoms with van der Waals surface area (Å²) in [6.45, 7) is 1.68. The standard InChI is InChI=1S/C23H23Cl2N3O/c24-14-8-15-27(18-20-11-5-2-6-12-20)21-17-26-28(23(29)22(21)25)16-7-13-19-9-3-1-4-10-19/h1-7,9-13,17H,8,14-16,18H2. The highest BCUT2D eigenvalue weighted by Crippen LogP contribution is 2.23. The van der Waals surface area contributed by atoms with E-state index in [4.69, 9.17) is 23.2 Å². The van der Waals surface area contributed by atoms with Crippen LogP contribution in [0.2, 0.25) is 5.02 Å².